The third kappa shape index (κ3) is 4.76. The van der Waals surface area contributed by atoms with Crippen LogP contribution in [0.2, 0.25) is 5.02 Å². The number of hydrogen-bond donors (Lipinski definition) is 1. The molecule has 1 amide bonds. The number of para-hydroxylation sites is 1. The van der Waals surface area contributed by atoms with Crippen molar-refractivity contribution in [3.8, 4) is 17.1 Å². The molecule has 3 aromatic rings. The van der Waals surface area contributed by atoms with Crippen LogP contribution in [0.25, 0.3) is 22.3 Å². The number of carbonyl (C=O) groups is 2. The van der Waals surface area contributed by atoms with Crippen LogP contribution in [0.4, 0.5) is 5.69 Å². The second-order valence-electron chi connectivity index (χ2n) is 8.77. The summed E-state index contributed by atoms with van der Waals surface area (Å²) in [4.78, 5) is 37.7. The topological polar surface area (TPSA) is 106 Å². The van der Waals surface area contributed by atoms with Crippen LogP contribution in [0.5, 0.6) is 5.75 Å². The smallest absolute Gasteiger partial charge is 0.306 e. The van der Waals surface area contributed by atoms with Gasteiger partial charge in [0.2, 0.25) is 5.91 Å². The molecule has 0 bridgehead atoms. The summed E-state index contributed by atoms with van der Waals surface area (Å²) in [6.07, 6.45) is 2.20. The Bertz CT molecular complexity index is 1350. The van der Waals surface area contributed by atoms with Crippen LogP contribution >= 0.6 is 11.6 Å². The Kier molecular flexibility index (Phi) is 6.49. The van der Waals surface area contributed by atoms with Gasteiger partial charge in [0.05, 0.1) is 34.6 Å². The first-order chi connectivity index (χ1) is 16.9. The number of carboxylic acids is 1. The van der Waals surface area contributed by atoms with E-state index in [0.29, 0.717) is 64.6 Å². The van der Waals surface area contributed by atoms with E-state index in [0.717, 1.165) is 6.42 Å². The molecule has 0 spiro atoms. The highest BCUT2D eigenvalue weighted by molar-refractivity contribution is 6.34. The van der Waals surface area contributed by atoms with Gasteiger partial charge in [0.15, 0.2) is 11.0 Å². The molecule has 9 heteroatoms. The average molecular weight is 498 g/mol. The molecular weight excluding hydrogens is 474 g/mol. The van der Waals surface area contributed by atoms with E-state index in [1.165, 1.54) is 6.07 Å². The van der Waals surface area contributed by atoms with Crippen LogP contribution in [-0.4, -0.2) is 42.8 Å². The fourth-order valence-corrected chi connectivity index (χ4v) is 4.68. The lowest BCUT2D eigenvalue weighted by Gasteiger charge is -2.32. The molecule has 35 heavy (non-hydrogen) atoms. The summed E-state index contributed by atoms with van der Waals surface area (Å²) in [6, 6.07) is 11.7. The number of aliphatic carboxylic acids is 1. The van der Waals surface area contributed by atoms with Crippen LogP contribution in [0, 0.1) is 5.92 Å². The van der Waals surface area contributed by atoms with Crippen molar-refractivity contribution < 1.29 is 28.6 Å². The van der Waals surface area contributed by atoms with Gasteiger partial charge in [-0.1, -0.05) is 17.7 Å². The molecule has 2 aliphatic rings. The average Bonchev–Trinajstić information content (AvgIpc) is 3.23. The van der Waals surface area contributed by atoms with Crippen molar-refractivity contribution in [2.45, 2.75) is 31.8 Å². The number of carbonyl (C=O) groups excluding carboxylic acids is 1. The van der Waals surface area contributed by atoms with Gasteiger partial charge in [0.25, 0.3) is 0 Å². The van der Waals surface area contributed by atoms with Gasteiger partial charge >= 0.3 is 5.97 Å². The number of nitrogens with zero attached hydrogens (tertiary/aromatic N) is 1. The van der Waals surface area contributed by atoms with Crippen LogP contribution in [0.15, 0.2) is 51.7 Å². The SMILES string of the molecule is O=C1CCCN1c1ccc(-c2cc(=O)c3cccc(Cl)c3o2)c(OCCO[C@H]2C[C@@H](C(=O)O)C2)c1. The van der Waals surface area contributed by atoms with E-state index in [1.807, 2.05) is 0 Å². The first kappa shape index (κ1) is 23.4. The van der Waals surface area contributed by atoms with E-state index < -0.39 is 5.97 Å². The maximum atomic E-state index is 12.7. The molecule has 8 nitrogen and oxygen atoms in total. The van der Waals surface area contributed by atoms with Gasteiger partial charge in [-0.25, -0.2) is 0 Å². The zero-order valence-electron chi connectivity index (χ0n) is 18.9. The minimum Gasteiger partial charge on any atom is -0.490 e. The first-order valence-electron chi connectivity index (χ1n) is 11.5. The molecule has 0 unspecified atom stereocenters. The first-order valence-corrected chi connectivity index (χ1v) is 11.9. The molecule has 2 heterocycles. The fourth-order valence-electron chi connectivity index (χ4n) is 4.47. The number of carboxylic acid groups (broad SMARTS) is 1. The highest BCUT2D eigenvalue weighted by Gasteiger charge is 2.35. The lowest BCUT2D eigenvalue weighted by atomic mass is 9.82. The number of rotatable bonds is 8. The van der Waals surface area contributed by atoms with Crippen LogP contribution < -0.4 is 15.1 Å². The quantitative estimate of drug-likeness (QED) is 0.457. The molecule has 1 aliphatic heterocycles. The van der Waals surface area contributed by atoms with Crippen molar-refractivity contribution in [2.75, 3.05) is 24.7 Å². The standard InChI is InChI=1S/C26H24ClNO7/c27-20-4-1-3-18-21(29)14-23(35-25(18)20)19-7-6-16(28-8-2-5-24(28)30)13-22(19)34-10-9-33-17-11-15(12-17)26(31)32/h1,3-4,6-7,13-15,17H,2,5,8-12H2,(H,31,32)/t15-,17+. The molecule has 1 N–H and O–H groups in total. The third-order valence-electron chi connectivity index (χ3n) is 6.46. The van der Waals surface area contributed by atoms with E-state index in [4.69, 9.17) is 30.6 Å². The summed E-state index contributed by atoms with van der Waals surface area (Å²) in [5.74, 6) is -0.346. The normalized spacial score (nSPS) is 19.7. The Balaban J connectivity index is 1.40. The van der Waals surface area contributed by atoms with E-state index in [-0.39, 0.29) is 36.6 Å². The highest BCUT2D eigenvalue weighted by Crippen LogP contribution is 2.37. The molecule has 2 aromatic carbocycles. The Morgan fingerprint density at radius 2 is 1.97 bits per heavy atom. The lowest BCUT2D eigenvalue weighted by molar-refractivity contribution is -0.151. The van der Waals surface area contributed by atoms with Gasteiger partial charge in [-0.3, -0.25) is 14.4 Å². The number of benzene rings is 2. The van der Waals surface area contributed by atoms with Crippen molar-refractivity contribution in [3.63, 3.8) is 0 Å². The Labute approximate surface area is 206 Å². The Morgan fingerprint density at radius 1 is 1.14 bits per heavy atom. The number of halogens is 1. The largest absolute Gasteiger partial charge is 0.490 e. The second-order valence-corrected chi connectivity index (χ2v) is 9.18. The fraction of sp³-hybridized carbons (Fsp3) is 0.346. The van der Waals surface area contributed by atoms with Gasteiger partial charge in [0, 0.05) is 30.8 Å². The minimum atomic E-state index is -0.795. The van der Waals surface area contributed by atoms with Crippen LogP contribution in [0.1, 0.15) is 25.7 Å². The monoisotopic (exact) mass is 497 g/mol. The van der Waals surface area contributed by atoms with Gasteiger partial charge in [-0.15, -0.1) is 0 Å². The summed E-state index contributed by atoms with van der Waals surface area (Å²) >= 11 is 6.28. The number of amides is 1. The predicted octanol–water partition coefficient (Wildman–Crippen LogP) is 4.50. The number of ether oxygens (including phenoxy) is 2. The maximum absolute atomic E-state index is 12.7. The molecule has 1 saturated heterocycles. The van der Waals surface area contributed by atoms with E-state index in [1.54, 1.807) is 41.3 Å². The van der Waals surface area contributed by atoms with Crippen molar-refractivity contribution in [1.29, 1.82) is 0 Å². The van der Waals surface area contributed by atoms with Crippen molar-refractivity contribution in [2.24, 2.45) is 5.92 Å². The summed E-state index contributed by atoms with van der Waals surface area (Å²) in [5.41, 5.74) is 1.32. The Morgan fingerprint density at radius 3 is 2.71 bits per heavy atom. The zero-order chi connectivity index (χ0) is 24.5. The number of hydrogen-bond acceptors (Lipinski definition) is 6. The third-order valence-corrected chi connectivity index (χ3v) is 6.76. The lowest BCUT2D eigenvalue weighted by Crippen LogP contribution is -2.37. The van der Waals surface area contributed by atoms with Gasteiger partial charge in [-0.05, 0) is 43.5 Å². The van der Waals surface area contributed by atoms with E-state index >= 15 is 0 Å². The number of fused-ring (bicyclic) bond motifs is 1. The maximum Gasteiger partial charge on any atom is 0.306 e. The van der Waals surface area contributed by atoms with Crippen molar-refractivity contribution in [3.05, 3.63) is 57.7 Å². The summed E-state index contributed by atoms with van der Waals surface area (Å²) < 4.78 is 17.8. The zero-order valence-corrected chi connectivity index (χ0v) is 19.6. The van der Waals surface area contributed by atoms with Crippen molar-refractivity contribution >= 4 is 40.1 Å². The molecule has 1 aromatic heterocycles. The molecule has 1 aliphatic carbocycles. The highest BCUT2D eigenvalue weighted by atomic mass is 35.5. The Hall–Kier alpha value is -3.36. The van der Waals surface area contributed by atoms with E-state index in [2.05, 4.69) is 0 Å². The molecule has 2 fully saturated rings. The minimum absolute atomic E-state index is 0.0500. The second kappa shape index (κ2) is 9.71. The molecular formula is C26H24ClNO7. The predicted molar refractivity (Wildman–Crippen MR) is 130 cm³/mol. The molecule has 182 valence electrons. The van der Waals surface area contributed by atoms with E-state index in [9.17, 15) is 14.4 Å². The molecule has 0 radical (unpaired) electrons. The molecule has 0 atom stereocenters. The number of anilines is 1. The summed E-state index contributed by atoms with van der Waals surface area (Å²) in [7, 11) is 0. The summed E-state index contributed by atoms with van der Waals surface area (Å²) in [5, 5.41) is 9.72. The van der Waals surface area contributed by atoms with Gasteiger partial charge < -0.3 is 23.9 Å². The molecule has 5 rings (SSSR count). The van der Waals surface area contributed by atoms with Gasteiger partial charge in [-0.2, -0.15) is 0 Å². The van der Waals surface area contributed by atoms with Gasteiger partial charge in [0.1, 0.15) is 18.1 Å². The summed E-state index contributed by atoms with van der Waals surface area (Å²) in [6.45, 7) is 1.11. The van der Waals surface area contributed by atoms with Crippen molar-refractivity contribution in [1.82, 2.24) is 0 Å². The van der Waals surface area contributed by atoms with Crippen LogP contribution in [-0.2, 0) is 14.3 Å². The van der Waals surface area contributed by atoms with Crippen LogP contribution in [0.3, 0.4) is 0 Å². The molecule has 1 saturated carbocycles.